The molecule has 1 aromatic heterocycles. The van der Waals surface area contributed by atoms with Crippen molar-refractivity contribution in [2.45, 2.75) is 33.4 Å². The number of carbonyl (C=O) groups is 2. The van der Waals surface area contributed by atoms with Gasteiger partial charge in [0.05, 0.1) is 6.54 Å². The summed E-state index contributed by atoms with van der Waals surface area (Å²) in [6, 6.07) is 18.6. The second-order valence-corrected chi connectivity index (χ2v) is 7.61. The van der Waals surface area contributed by atoms with Crippen LogP contribution in [0.1, 0.15) is 30.4 Å². The Balaban J connectivity index is 1.73. The summed E-state index contributed by atoms with van der Waals surface area (Å²) in [5.41, 5.74) is 1.33. The summed E-state index contributed by atoms with van der Waals surface area (Å²) in [5, 5.41) is 2.67. The highest BCUT2D eigenvalue weighted by molar-refractivity contribution is 5.92. The van der Waals surface area contributed by atoms with Crippen LogP contribution in [-0.4, -0.2) is 34.8 Å². The molecule has 0 aliphatic rings. The topological polar surface area (TPSA) is 65.8 Å². The Bertz CT molecular complexity index is 1040. The molecule has 0 atom stereocenters. The second-order valence-electron chi connectivity index (χ2n) is 7.61. The van der Waals surface area contributed by atoms with Crippen molar-refractivity contribution in [2.75, 3.05) is 18.4 Å². The fourth-order valence-electron chi connectivity index (χ4n) is 3.35. The van der Waals surface area contributed by atoms with E-state index in [1.54, 1.807) is 11.0 Å². The highest BCUT2D eigenvalue weighted by Crippen LogP contribution is 2.15. The van der Waals surface area contributed by atoms with Crippen LogP contribution in [0, 0.1) is 12.7 Å². The molecule has 3 rings (SSSR count). The van der Waals surface area contributed by atoms with Crippen molar-refractivity contribution in [3.05, 3.63) is 89.6 Å². The molecule has 0 spiro atoms. The Kier molecular flexibility index (Phi) is 8.02. The average molecular weight is 438 g/mol. The fraction of sp³-hybridized carbons (Fsp3) is 0.280. The van der Waals surface area contributed by atoms with Gasteiger partial charge in [0.1, 0.15) is 23.9 Å². The zero-order valence-corrected chi connectivity index (χ0v) is 18.4. The number of rotatable bonds is 9. The SMILES string of the molecule is CCCN(CC(=O)N(Cc1ccccc1)Cc1ccc(C)o1)C(=O)Nc1cccc(F)c1. The Morgan fingerprint density at radius 1 is 0.969 bits per heavy atom. The summed E-state index contributed by atoms with van der Waals surface area (Å²) in [6.45, 7) is 4.78. The number of anilines is 1. The predicted molar refractivity (Wildman–Crippen MR) is 121 cm³/mol. The third-order valence-electron chi connectivity index (χ3n) is 4.89. The summed E-state index contributed by atoms with van der Waals surface area (Å²) in [4.78, 5) is 29.2. The van der Waals surface area contributed by atoms with Crippen molar-refractivity contribution in [1.82, 2.24) is 9.80 Å². The molecule has 1 N–H and O–H groups in total. The molecule has 32 heavy (non-hydrogen) atoms. The van der Waals surface area contributed by atoms with E-state index in [1.165, 1.54) is 23.1 Å². The maximum atomic E-state index is 13.5. The van der Waals surface area contributed by atoms with Gasteiger partial charge in [-0.05, 0) is 49.2 Å². The Morgan fingerprint density at radius 3 is 2.41 bits per heavy atom. The summed E-state index contributed by atoms with van der Waals surface area (Å²) < 4.78 is 19.1. The minimum absolute atomic E-state index is 0.0957. The molecule has 6 nitrogen and oxygen atoms in total. The molecule has 3 amide bonds. The van der Waals surface area contributed by atoms with Crippen LogP contribution in [0.25, 0.3) is 0 Å². The molecule has 0 saturated carbocycles. The first-order valence-corrected chi connectivity index (χ1v) is 10.6. The number of nitrogens with zero attached hydrogens (tertiary/aromatic N) is 2. The van der Waals surface area contributed by atoms with E-state index in [1.807, 2.05) is 56.3 Å². The van der Waals surface area contributed by atoms with Gasteiger partial charge >= 0.3 is 6.03 Å². The number of hydrogen-bond donors (Lipinski definition) is 1. The molecular formula is C25H28FN3O3. The lowest BCUT2D eigenvalue weighted by Crippen LogP contribution is -2.44. The van der Waals surface area contributed by atoms with Gasteiger partial charge in [-0.25, -0.2) is 9.18 Å². The number of hydrogen-bond acceptors (Lipinski definition) is 3. The van der Waals surface area contributed by atoms with Gasteiger partial charge in [-0.15, -0.1) is 0 Å². The molecule has 0 radical (unpaired) electrons. The maximum absolute atomic E-state index is 13.5. The Hall–Kier alpha value is -3.61. The largest absolute Gasteiger partial charge is 0.464 e. The minimum atomic E-state index is -0.445. The van der Waals surface area contributed by atoms with E-state index in [4.69, 9.17) is 4.42 Å². The van der Waals surface area contributed by atoms with Gasteiger partial charge in [0.25, 0.3) is 0 Å². The van der Waals surface area contributed by atoms with Crippen molar-refractivity contribution in [3.63, 3.8) is 0 Å². The quantitative estimate of drug-likeness (QED) is 0.500. The van der Waals surface area contributed by atoms with Gasteiger partial charge in [0.2, 0.25) is 5.91 Å². The summed E-state index contributed by atoms with van der Waals surface area (Å²) >= 11 is 0. The molecule has 0 unspecified atom stereocenters. The Morgan fingerprint density at radius 2 is 1.75 bits per heavy atom. The molecule has 168 valence electrons. The van der Waals surface area contributed by atoms with Crippen LogP contribution < -0.4 is 5.32 Å². The van der Waals surface area contributed by atoms with Crippen LogP contribution in [0.5, 0.6) is 0 Å². The van der Waals surface area contributed by atoms with Crippen molar-refractivity contribution in [1.29, 1.82) is 0 Å². The standard InChI is InChI=1S/C25H28FN3O3/c1-3-14-28(25(31)27-22-11-7-10-21(26)15-22)18-24(30)29(16-20-8-5-4-6-9-20)17-23-13-12-19(2)32-23/h4-13,15H,3,14,16-18H2,1-2H3,(H,27,31). The zero-order chi connectivity index (χ0) is 22.9. The smallest absolute Gasteiger partial charge is 0.322 e. The summed E-state index contributed by atoms with van der Waals surface area (Å²) in [7, 11) is 0. The number of aryl methyl sites for hydroxylation is 1. The number of benzene rings is 2. The lowest BCUT2D eigenvalue weighted by Gasteiger charge is -2.27. The first-order chi connectivity index (χ1) is 15.4. The van der Waals surface area contributed by atoms with E-state index in [9.17, 15) is 14.0 Å². The van der Waals surface area contributed by atoms with Gasteiger partial charge in [-0.1, -0.05) is 43.3 Å². The molecule has 7 heteroatoms. The van der Waals surface area contributed by atoms with Crippen LogP contribution in [0.15, 0.2) is 71.1 Å². The maximum Gasteiger partial charge on any atom is 0.322 e. The average Bonchev–Trinajstić information content (AvgIpc) is 3.18. The predicted octanol–water partition coefficient (Wildman–Crippen LogP) is 5.20. The fourth-order valence-corrected chi connectivity index (χ4v) is 3.35. The van der Waals surface area contributed by atoms with Crippen molar-refractivity contribution in [2.24, 2.45) is 0 Å². The van der Waals surface area contributed by atoms with Crippen LogP contribution >= 0.6 is 0 Å². The summed E-state index contributed by atoms with van der Waals surface area (Å²) in [5.74, 6) is 0.807. The second kappa shape index (κ2) is 11.1. The highest BCUT2D eigenvalue weighted by Gasteiger charge is 2.22. The molecule has 0 aliphatic carbocycles. The molecular weight excluding hydrogens is 409 g/mol. The van der Waals surface area contributed by atoms with Crippen LogP contribution in [0.2, 0.25) is 0 Å². The zero-order valence-electron chi connectivity index (χ0n) is 18.4. The third kappa shape index (κ3) is 6.70. The van der Waals surface area contributed by atoms with Gasteiger partial charge < -0.3 is 19.5 Å². The third-order valence-corrected chi connectivity index (χ3v) is 4.89. The van der Waals surface area contributed by atoms with E-state index in [-0.39, 0.29) is 12.5 Å². The van der Waals surface area contributed by atoms with E-state index < -0.39 is 11.8 Å². The number of urea groups is 1. The first-order valence-electron chi connectivity index (χ1n) is 10.6. The molecule has 3 aromatic rings. The van der Waals surface area contributed by atoms with Gasteiger partial charge in [0, 0.05) is 18.8 Å². The van der Waals surface area contributed by atoms with Crippen LogP contribution in [0.3, 0.4) is 0 Å². The van der Waals surface area contributed by atoms with Gasteiger partial charge in [-0.2, -0.15) is 0 Å². The number of furan rings is 1. The van der Waals surface area contributed by atoms with E-state index >= 15 is 0 Å². The number of carbonyl (C=O) groups excluding carboxylic acids is 2. The van der Waals surface area contributed by atoms with Crippen molar-refractivity contribution < 1.29 is 18.4 Å². The number of nitrogens with one attached hydrogen (secondary N) is 1. The van der Waals surface area contributed by atoms with Gasteiger partial charge in [-0.3, -0.25) is 4.79 Å². The molecule has 0 bridgehead atoms. The minimum Gasteiger partial charge on any atom is -0.464 e. The van der Waals surface area contributed by atoms with Gasteiger partial charge in [0.15, 0.2) is 0 Å². The van der Waals surface area contributed by atoms with E-state index in [2.05, 4.69) is 5.32 Å². The summed E-state index contributed by atoms with van der Waals surface area (Å²) in [6.07, 6.45) is 0.680. The monoisotopic (exact) mass is 437 g/mol. The Labute approximate surface area is 187 Å². The molecule has 1 heterocycles. The lowest BCUT2D eigenvalue weighted by molar-refractivity contribution is -0.133. The molecule has 2 aromatic carbocycles. The number of amides is 3. The van der Waals surface area contributed by atoms with Crippen LogP contribution in [0.4, 0.5) is 14.9 Å². The first kappa shape index (κ1) is 23.1. The number of halogens is 1. The molecule has 0 aliphatic heterocycles. The molecule has 0 saturated heterocycles. The normalized spacial score (nSPS) is 10.6. The van der Waals surface area contributed by atoms with Crippen molar-refractivity contribution in [3.8, 4) is 0 Å². The molecule has 0 fully saturated rings. The van der Waals surface area contributed by atoms with Crippen LogP contribution in [-0.2, 0) is 17.9 Å². The lowest BCUT2D eigenvalue weighted by atomic mass is 10.2. The van der Waals surface area contributed by atoms with E-state index in [0.717, 1.165) is 11.3 Å². The van der Waals surface area contributed by atoms with Crippen molar-refractivity contribution >= 4 is 17.6 Å². The highest BCUT2D eigenvalue weighted by atomic mass is 19.1. The van der Waals surface area contributed by atoms with E-state index in [0.29, 0.717) is 37.5 Å².